The predicted molar refractivity (Wildman–Crippen MR) is 61.2 cm³/mol. The highest BCUT2D eigenvalue weighted by Crippen LogP contribution is 2.26. The highest BCUT2D eigenvalue weighted by molar-refractivity contribution is 6.30. The molecule has 0 spiro atoms. The molecule has 15 heavy (non-hydrogen) atoms. The molecule has 0 aromatic carbocycles. The smallest absolute Gasteiger partial charge is 0.130 e. The minimum Gasteiger partial charge on any atom is -0.390 e. The van der Waals surface area contributed by atoms with Gasteiger partial charge in [-0.1, -0.05) is 11.6 Å². The van der Waals surface area contributed by atoms with Gasteiger partial charge in [0.15, 0.2) is 0 Å². The maximum Gasteiger partial charge on any atom is 0.130 e. The predicted octanol–water partition coefficient (Wildman–Crippen LogP) is 2.22. The molecule has 1 aromatic rings. The Balaban J connectivity index is 2.30. The fraction of sp³-hybridized carbons (Fsp3) is 0.545. The van der Waals surface area contributed by atoms with Crippen LogP contribution >= 0.6 is 11.6 Å². The number of aromatic nitrogens is 1. The lowest BCUT2D eigenvalue weighted by molar-refractivity contribution is 0.277. The highest BCUT2D eigenvalue weighted by Gasteiger charge is 2.21. The number of rotatable bonds is 2. The number of nitrogens with zero attached hydrogens (tertiary/aromatic N) is 2. The molecule has 0 radical (unpaired) electrons. The third-order valence-corrected chi connectivity index (χ3v) is 3.06. The molecular formula is C11H15ClN2O. The second kappa shape index (κ2) is 4.37. The number of halogens is 1. The summed E-state index contributed by atoms with van der Waals surface area (Å²) in [5, 5.41) is 9.70. The molecule has 1 aliphatic heterocycles. The van der Waals surface area contributed by atoms with E-state index in [1.807, 2.05) is 6.07 Å². The Kier molecular flexibility index (Phi) is 3.12. The average molecular weight is 227 g/mol. The molecular weight excluding hydrogens is 212 g/mol. The Bertz CT molecular complexity index is 356. The van der Waals surface area contributed by atoms with Gasteiger partial charge in [-0.25, -0.2) is 4.98 Å². The highest BCUT2D eigenvalue weighted by atomic mass is 35.5. The van der Waals surface area contributed by atoms with Crippen molar-refractivity contribution in [3.05, 3.63) is 22.8 Å². The summed E-state index contributed by atoms with van der Waals surface area (Å²) in [5.74, 6) is 0.886. The second-order valence-electron chi connectivity index (χ2n) is 3.98. The minimum absolute atomic E-state index is 0.0597. The summed E-state index contributed by atoms with van der Waals surface area (Å²) in [5.41, 5.74) is 0.636. The Morgan fingerprint density at radius 3 is 3.00 bits per heavy atom. The molecule has 1 aromatic heterocycles. The Hall–Kier alpha value is -0.800. The van der Waals surface area contributed by atoms with Crippen molar-refractivity contribution >= 4 is 17.4 Å². The van der Waals surface area contributed by atoms with Crippen molar-refractivity contribution in [2.24, 2.45) is 0 Å². The summed E-state index contributed by atoms with van der Waals surface area (Å²) in [6.07, 6.45) is 2.40. The van der Waals surface area contributed by atoms with Gasteiger partial charge in [0.25, 0.3) is 0 Å². The Labute approximate surface area is 94.7 Å². The van der Waals surface area contributed by atoms with Crippen molar-refractivity contribution < 1.29 is 5.11 Å². The molecule has 2 rings (SSSR count). The van der Waals surface area contributed by atoms with E-state index in [1.54, 1.807) is 6.07 Å². The number of anilines is 1. The first-order valence-electron chi connectivity index (χ1n) is 5.24. The molecule has 0 unspecified atom stereocenters. The van der Waals surface area contributed by atoms with Crippen molar-refractivity contribution in [1.29, 1.82) is 0 Å². The topological polar surface area (TPSA) is 36.4 Å². The number of aliphatic hydroxyl groups excluding tert-OH is 1. The SMILES string of the molecule is C[C@@H]1CCCN1c1cc(Cl)cc(CO)n1. The zero-order valence-corrected chi connectivity index (χ0v) is 9.54. The van der Waals surface area contributed by atoms with Crippen molar-refractivity contribution in [3.63, 3.8) is 0 Å². The van der Waals surface area contributed by atoms with Gasteiger partial charge in [0.1, 0.15) is 5.82 Å². The maximum absolute atomic E-state index is 9.06. The van der Waals surface area contributed by atoms with E-state index in [2.05, 4.69) is 16.8 Å². The van der Waals surface area contributed by atoms with Crippen LogP contribution in [0.2, 0.25) is 5.02 Å². The fourth-order valence-electron chi connectivity index (χ4n) is 2.04. The van der Waals surface area contributed by atoms with Crippen LogP contribution in [0.4, 0.5) is 5.82 Å². The van der Waals surface area contributed by atoms with Gasteiger partial charge in [-0.2, -0.15) is 0 Å². The van der Waals surface area contributed by atoms with Gasteiger partial charge in [-0.05, 0) is 31.9 Å². The molecule has 0 bridgehead atoms. The molecule has 1 saturated heterocycles. The second-order valence-corrected chi connectivity index (χ2v) is 4.41. The number of pyridine rings is 1. The third-order valence-electron chi connectivity index (χ3n) is 2.84. The standard InChI is InChI=1S/C11H15ClN2O/c1-8-3-2-4-14(8)11-6-9(12)5-10(7-15)13-11/h5-6,8,15H,2-4,7H2,1H3/t8-/m1/s1. The van der Waals surface area contributed by atoms with E-state index in [1.165, 1.54) is 12.8 Å². The van der Waals surface area contributed by atoms with Crippen LogP contribution < -0.4 is 4.90 Å². The summed E-state index contributed by atoms with van der Waals surface area (Å²) < 4.78 is 0. The summed E-state index contributed by atoms with van der Waals surface area (Å²) in [4.78, 5) is 6.62. The molecule has 3 nitrogen and oxygen atoms in total. The van der Waals surface area contributed by atoms with E-state index in [4.69, 9.17) is 16.7 Å². The van der Waals surface area contributed by atoms with E-state index < -0.39 is 0 Å². The van der Waals surface area contributed by atoms with Crippen LogP contribution in [0, 0.1) is 0 Å². The first-order chi connectivity index (χ1) is 7.20. The van der Waals surface area contributed by atoms with Gasteiger partial charge in [0.05, 0.1) is 12.3 Å². The molecule has 0 saturated carbocycles. The van der Waals surface area contributed by atoms with Crippen molar-refractivity contribution in [2.45, 2.75) is 32.4 Å². The number of hydrogen-bond donors (Lipinski definition) is 1. The van der Waals surface area contributed by atoms with Gasteiger partial charge in [-0.3, -0.25) is 0 Å². The molecule has 0 amide bonds. The lowest BCUT2D eigenvalue weighted by Gasteiger charge is -2.23. The molecule has 1 atom stereocenters. The van der Waals surface area contributed by atoms with Crippen LogP contribution in [0.15, 0.2) is 12.1 Å². The summed E-state index contributed by atoms with van der Waals surface area (Å²) in [6.45, 7) is 3.16. The van der Waals surface area contributed by atoms with Gasteiger partial charge >= 0.3 is 0 Å². The number of aliphatic hydroxyl groups is 1. The first kappa shape index (κ1) is 10.7. The van der Waals surface area contributed by atoms with E-state index in [-0.39, 0.29) is 6.61 Å². The van der Waals surface area contributed by atoms with Crippen LogP contribution in [-0.4, -0.2) is 22.7 Å². The van der Waals surface area contributed by atoms with E-state index >= 15 is 0 Å². The lowest BCUT2D eigenvalue weighted by Crippen LogP contribution is -2.27. The maximum atomic E-state index is 9.06. The Morgan fingerprint density at radius 2 is 2.40 bits per heavy atom. The zero-order chi connectivity index (χ0) is 10.8. The molecule has 82 valence electrons. The van der Waals surface area contributed by atoms with Gasteiger partial charge < -0.3 is 10.0 Å². The van der Waals surface area contributed by atoms with E-state index in [0.717, 1.165) is 12.4 Å². The largest absolute Gasteiger partial charge is 0.390 e. The number of hydrogen-bond acceptors (Lipinski definition) is 3. The summed E-state index contributed by atoms with van der Waals surface area (Å²) in [6, 6.07) is 4.08. The lowest BCUT2D eigenvalue weighted by atomic mass is 10.2. The summed E-state index contributed by atoms with van der Waals surface area (Å²) >= 11 is 5.98. The Morgan fingerprint density at radius 1 is 1.60 bits per heavy atom. The quantitative estimate of drug-likeness (QED) is 0.840. The third kappa shape index (κ3) is 2.24. The van der Waals surface area contributed by atoms with Crippen LogP contribution in [0.25, 0.3) is 0 Å². The molecule has 1 aliphatic rings. The van der Waals surface area contributed by atoms with Crippen LogP contribution in [0.3, 0.4) is 0 Å². The van der Waals surface area contributed by atoms with Gasteiger partial charge in [-0.15, -0.1) is 0 Å². The molecule has 0 aliphatic carbocycles. The normalized spacial score (nSPS) is 21.0. The minimum atomic E-state index is -0.0597. The van der Waals surface area contributed by atoms with Crippen LogP contribution in [0.1, 0.15) is 25.5 Å². The monoisotopic (exact) mass is 226 g/mol. The molecule has 1 N–H and O–H groups in total. The molecule has 2 heterocycles. The van der Waals surface area contributed by atoms with Crippen molar-refractivity contribution in [2.75, 3.05) is 11.4 Å². The van der Waals surface area contributed by atoms with Crippen LogP contribution in [-0.2, 0) is 6.61 Å². The zero-order valence-electron chi connectivity index (χ0n) is 8.78. The van der Waals surface area contributed by atoms with E-state index in [0.29, 0.717) is 16.8 Å². The average Bonchev–Trinajstić information content (AvgIpc) is 2.63. The fourth-order valence-corrected chi connectivity index (χ4v) is 2.26. The van der Waals surface area contributed by atoms with Gasteiger partial charge in [0, 0.05) is 17.6 Å². The molecule has 1 fully saturated rings. The van der Waals surface area contributed by atoms with Crippen LogP contribution in [0.5, 0.6) is 0 Å². The van der Waals surface area contributed by atoms with Crippen molar-refractivity contribution in [3.8, 4) is 0 Å². The van der Waals surface area contributed by atoms with Crippen molar-refractivity contribution in [1.82, 2.24) is 4.98 Å². The first-order valence-corrected chi connectivity index (χ1v) is 5.62. The summed E-state index contributed by atoms with van der Waals surface area (Å²) in [7, 11) is 0. The van der Waals surface area contributed by atoms with Gasteiger partial charge in [0.2, 0.25) is 0 Å². The van der Waals surface area contributed by atoms with E-state index in [9.17, 15) is 0 Å². The molecule has 4 heteroatoms.